The fourth-order valence-electron chi connectivity index (χ4n) is 1.63. The zero-order chi connectivity index (χ0) is 12.8. The molecule has 3 N–H and O–H groups in total. The van der Waals surface area contributed by atoms with E-state index in [0.717, 1.165) is 18.1 Å². The lowest BCUT2D eigenvalue weighted by atomic mass is 9.99. The molecule has 0 aliphatic rings. The minimum Gasteiger partial charge on any atom is -0.508 e. The topological polar surface area (TPSA) is 77.8 Å². The molecular weight excluding hydrogens is 220 g/mol. The second kappa shape index (κ2) is 6.06. The number of carbonyl (C=O) groups is 1. The Morgan fingerprint density at radius 3 is 2.65 bits per heavy atom. The normalized spacial score (nSPS) is 11.5. The van der Waals surface area contributed by atoms with E-state index in [0.29, 0.717) is 17.6 Å². The molecule has 0 heterocycles. The Balaban J connectivity index is 3.14. The number of hydrogen-bond donors (Lipinski definition) is 3. The van der Waals surface area contributed by atoms with Crippen LogP contribution in [0.25, 0.3) is 5.57 Å². The fourth-order valence-corrected chi connectivity index (χ4v) is 1.63. The summed E-state index contributed by atoms with van der Waals surface area (Å²) in [4.78, 5) is 10.7. The van der Waals surface area contributed by atoms with Crippen LogP contribution in [0.5, 0.6) is 5.75 Å². The van der Waals surface area contributed by atoms with E-state index in [-0.39, 0.29) is 12.4 Å². The number of aromatic hydroxyl groups is 1. The molecule has 1 rings (SSSR count). The highest BCUT2D eigenvalue weighted by molar-refractivity contribution is 5.90. The molecule has 0 saturated heterocycles. The number of hydrogen-bond acceptors (Lipinski definition) is 3. The van der Waals surface area contributed by atoms with Gasteiger partial charge in [-0.1, -0.05) is 19.4 Å². The first kappa shape index (κ1) is 13.3. The van der Waals surface area contributed by atoms with Crippen LogP contribution in [0.1, 0.15) is 30.9 Å². The van der Waals surface area contributed by atoms with Gasteiger partial charge in [0.25, 0.3) is 0 Å². The van der Waals surface area contributed by atoms with Crippen molar-refractivity contribution in [1.82, 2.24) is 0 Å². The van der Waals surface area contributed by atoms with Crippen LogP contribution in [-0.4, -0.2) is 21.3 Å². The standard InChI is InChI=1S/C13H16O4/c1-2-3-9(7-13(16)17)10-4-5-12(15)11(6-10)8-14/h4-7,14-15H,2-3,8H2,1H3,(H,16,17)/b9-7+. The molecule has 92 valence electrons. The molecule has 17 heavy (non-hydrogen) atoms. The van der Waals surface area contributed by atoms with Crippen molar-refractivity contribution < 1.29 is 20.1 Å². The summed E-state index contributed by atoms with van der Waals surface area (Å²) >= 11 is 0. The molecule has 0 saturated carbocycles. The van der Waals surface area contributed by atoms with Gasteiger partial charge < -0.3 is 15.3 Å². The van der Waals surface area contributed by atoms with Crippen LogP contribution in [0, 0.1) is 0 Å². The Hall–Kier alpha value is -1.81. The predicted octanol–water partition coefficient (Wildman–Crippen LogP) is 2.15. The first-order chi connectivity index (χ1) is 8.08. The van der Waals surface area contributed by atoms with Crippen LogP contribution in [0.4, 0.5) is 0 Å². The number of carboxylic acid groups (broad SMARTS) is 1. The van der Waals surface area contributed by atoms with Crippen LogP contribution in [-0.2, 0) is 11.4 Å². The molecule has 0 unspecified atom stereocenters. The van der Waals surface area contributed by atoms with Crippen molar-refractivity contribution in [2.24, 2.45) is 0 Å². The third kappa shape index (κ3) is 3.60. The van der Waals surface area contributed by atoms with E-state index in [4.69, 9.17) is 10.2 Å². The van der Waals surface area contributed by atoms with Gasteiger partial charge in [0.2, 0.25) is 0 Å². The van der Waals surface area contributed by atoms with Gasteiger partial charge in [-0.25, -0.2) is 4.79 Å². The van der Waals surface area contributed by atoms with Crippen molar-refractivity contribution in [2.75, 3.05) is 0 Å². The summed E-state index contributed by atoms with van der Waals surface area (Å²) in [6.07, 6.45) is 2.63. The maximum Gasteiger partial charge on any atom is 0.328 e. The first-order valence-corrected chi connectivity index (χ1v) is 5.45. The molecule has 1 aromatic carbocycles. The Kier molecular flexibility index (Phi) is 4.72. The summed E-state index contributed by atoms with van der Waals surface area (Å²) in [5.74, 6) is -0.977. The lowest BCUT2D eigenvalue weighted by molar-refractivity contribution is -0.131. The van der Waals surface area contributed by atoms with E-state index in [1.807, 2.05) is 6.92 Å². The van der Waals surface area contributed by atoms with E-state index in [1.54, 1.807) is 12.1 Å². The summed E-state index contributed by atoms with van der Waals surface area (Å²) < 4.78 is 0. The molecule has 4 nitrogen and oxygen atoms in total. The third-order valence-electron chi connectivity index (χ3n) is 2.44. The molecule has 0 atom stereocenters. The molecule has 0 radical (unpaired) electrons. The molecule has 0 spiro atoms. The van der Waals surface area contributed by atoms with E-state index in [9.17, 15) is 9.90 Å². The highest BCUT2D eigenvalue weighted by Crippen LogP contribution is 2.25. The van der Waals surface area contributed by atoms with Gasteiger partial charge in [-0.05, 0) is 29.7 Å². The van der Waals surface area contributed by atoms with Gasteiger partial charge in [-0.3, -0.25) is 0 Å². The predicted molar refractivity (Wildman–Crippen MR) is 64.6 cm³/mol. The van der Waals surface area contributed by atoms with Gasteiger partial charge in [0.1, 0.15) is 5.75 Å². The number of aliphatic carboxylic acids is 1. The van der Waals surface area contributed by atoms with Gasteiger partial charge >= 0.3 is 5.97 Å². The second-order valence-electron chi connectivity index (χ2n) is 3.76. The molecule has 0 amide bonds. The monoisotopic (exact) mass is 236 g/mol. The van der Waals surface area contributed by atoms with Crippen LogP contribution in [0.15, 0.2) is 24.3 Å². The Bertz CT molecular complexity index is 435. The van der Waals surface area contributed by atoms with Crippen LogP contribution in [0.2, 0.25) is 0 Å². The van der Waals surface area contributed by atoms with Crippen molar-refractivity contribution in [3.8, 4) is 5.75 Å². The highest BCUT2D eigenvalue weighted by atomic mass is 16.4. The Morgan fingerprint density at radius 2 is 2.12 bits per heavy atom. The SMILES string of the molecule is CCC/C(=C\C(=O)O)c1ccc(O)c(CO)c1. The summed E-state index contributed by atoms with van der Waals surface area (Å²) in [6, 6.07) is 4.73. The number of carboxylic acids is 1. The molecule has 0 aliphatic carbocycles. The number of benzene rings is 1. The average molecular weight is 236 g/mol. The van der Waals surface area contributed by atoms with Crippen LogP contribution >= 0.6 is 0 Å². The van der Waals surface area contributed by atoms with Crippen molar-refractivity contribution in [3.63, 3.8) is 0 Å². The molecule has 1 aromatic rings. The lowest BCUT2D eigenvalue weighted by Crippen LogP contribution is -1.94. The molecule has 0 fully saturated rings. The fraction of sp³-hybridized carbons (Fsp3) is 0.308. The van der Waals surface area contributed by atoms with E-state index in [1.165, 1.54) is 6.07 Å². The average Bonchev–Trinajstić information content (AvgIpc) is 2.28. The number of rotatable bonds is 5. The Morgan fingerprint density at radius 1 is 1.41 bits per heavy atom. The number of aliphatic hydroxyl groups excluding tert-OH is 1. The number of allylic oxidation sites excluding steroid dienone is 1. The third-order valence-corrected chi connectivity index (χ3v) is 2.44. The molecular formula is C13H16O4. The van der Waals surface area contributed by atoms with Crippen molar-refractivity contribution >= 4 is 11.5 Å². The summed E-state index contributed by atoms with van der Waals surface area (Å²) in [7, 11) is 0. The van der Waals surface area contributed by atoms with Gasteiger partial charge in [-0.15, -0.1) is 0 Å². The van der Waals surface area contributed by atoms with Crippen LogP contribution < -0.4 is 0 Å². The summed E-state index contributed by atoms with van der Waals surface area (Å²) in [5.41, 5.74) is 1.81. The maximum atomic E-state index is 10.7. The minimum atomic E-state index is -0.993. The quantitative estimate of drug-likeness (QED) is 0.684. The zero-order valence-electron chi connectivity index (χ0n) is 9.68. The number of phenols is 1. The zero-order valence-corrected chi connectivity index (χ0v) is 9.68. The minimum absolute atomic E-state index is 0.0161. The van der Waals surface area contributed by atoms with E-state index >= 15 is 0 Å². The second-order valence-corrected chi connectivity index (χ2v) is 3.76. The molecule has 0 bridgehead atoms. The van der Waals surface area contributed by atoms with Gasteiger partial charge in [0, 0.05) is 11.6 Å². The smallest absolute Gasteiger partial charge is 0.328 e. The lowest BCUT2D eigenvalue weighted by Gasteiger charge is -2.08. The van der Waals surface area contributed by atoms with E-state index < -0.39 is 5.97 Å². The Labute approximate surface area is 99.8 Å². The van der Waals surface area contributed by atoms with Gasteiger partial charge in [0.05, 0.1) is 6.61 Å². The molecule has 0 aromatic heterocycles. The summed E-state index contributed by atoms with van der Waals surface area (Å²) in [5, 5.41) is 27.3. The highest BCUT2D eigenvalue weighted by Gasteiger charge is 2.07. The summed E-state index contributed by atoms with van der Waals surface area (Å²) in [6.45, 7) is 1.69. The van der Waals surface area contributed by atoms with Gasteiger partial charge in [0.15, 0.2) is 0 Å². The largest absolute Gasteiger partial charge is 0.508 e. The van der Waals surface area contributed by atoms with Gasteiger partial charge in [-0.2, -0.15) is 0 Å². The van der Waals surface area contributed by atoms with E-state index in [2.05, 4.69) is 0 Å². The number of aliphatic hydroxyl groups is 1. The first-order valence-electron chi connectivity index (χ1n) is 5.45. The van der Waals surface area contributed by atoms with Crippen molar-refractivity contribution in [3.05, 3.63) is 35.4 Å². The van der Waals surface area contributed by atoms with Crippen LogP contribution in [0.3, 0.4) is 0 Å². The maximum absolute atomic E-state index is 10.7. The van der Waals surface area contributed by atoms with Crippen molar-refractivity contribution in [1.29, 1.82) is 0 Å². The molecule has 0 aliphatic heterocycles. The molecule has 4 heteroatoms. The van der Waals surface area contributed by atoms with Crippen molar-refractivity contribution in [2.45, 2.75) is 26.4 Å².